The second-order valence-electron chi connectivity index (χ2n) is 3.90. The average molecular weight is 238 g/mol. The minimum atomic E-state index is -0.108. The number of carbonyl (C=O) groups excluding carboxylic acids is 1. The molecule has 0 saturated carbocycles. The molecule has 0 aliphatic rings. The van der Waals surface area contributed by atoms with Gasteiger partial charge in [-0.2, -0.15) is 0 Å². The van der Waals surface area contributed by atoms with Gasteiger partial charge in [0, 0.05) is 11.8 Å². The summed E-state index contributed by atoms with van der Waals surface area (Å²) in [7, 11) is 3.64. The summed E-state index contributed by atoms with van der Waals surface area (Å²) in [6, 6.07) is 4.73. The first-order chi connectivity index (χ1) is 8.02. The first kappa shape index (κ1) is 13.3. The van der Waals surface area contributed by atoms with Gasteiger partial charge in [0.05, 0.1) is 13.2 Å². The van der Waals surface area contributed by atoms with Crippen molar-refractivity contribution in [2.45, 2.75) is 6.92 Å². The molecule has 0 atom stereocenters. The van der Waals surface area contributed by atoms with E-state index >= 15 is 0 Å². The lowest BCUT2D eigenvalue weighted by atomic mass is 10.2. The topological polar surface area (TPSA) is 61.8 Å². The van der Waals surface area contributed by atoms with Crippen molar-refractivity contribution in [3.8, 4) is 11.5 Å². The van der Waals surface area contributed by atoms with Crippen molar-refractivity contribution in [1.82, 2.24) is 4.90 Å². The Bertz CT molecular complexity index is 391. The zero-order valence-electron chi connectivity index (χ0n) is 10.4. The fourth-order valence-electron chi connectivity index (χ4n) is 1.35. The van der Waals surface area contributed by atoms with Gasteiger partial charge in [-0.15, -0.1) is 0 Å². The second kappa shape index (κ2) is 6.10. The first-order valence-electron chi connectivity index (χ1n) is 5.43. The number of hydrogen-bond donors (Lipinski definition) is 2. The third-order valence-electron chi connectivity index (χ3n) is 2.00. The van der Waals surface area contributed by atoms with Crippen molar-refractivity contribution in [3.63, 3.8) is 0 Å². The molecular weight excluding hydrogens is 220 g/mol. The molecule has 94 valence electrons. The van der Waals surface area contributed by atoms with E-state index in [1.165, 1.54) is 6.07 Å². The van der Waals surface area contributed by atoms with Crippen molar-refractivity contribution in [2.24, 2.45) is 0 Å². The summed E-state index contributed by atoms with van der Waals surface area (Å²) < 4.78 is 5.23. The molecule has 0 fully saturated rings. The summed E-state index contributed by atoms with van der Waals surface area (Å²) in [5, 5.41) is 12.2. The molecule has 1 rings (SSSR count). The van der Waals surface area contributed by atoms with E-state index in [2.05, 4.69) is 5.32 Å². The number of likely N-dealkylation sites (N-methyl/N-ethyl adjacent to an activating group) is 1. The molecule has 0 aliphatic carbocycles. The number of benzene rings is 1. The van der Waals surface area contributed by atoms with E-state index in [1.807, 2.05) is 21.0 Å². The molecule has 2 N–H and O–H groups in total. The van der Waals surface area contributed by atoms with E-state index in [0.717, 1.165) is 0 Å². The van der Waals surface area contributed by atoms with Gasteiger partial charge in [-0.25, -0.2) is 0 Å². The Morgan fingerprint density at radius 2 is 2.18 bits per heavy atom. The molecule has 0 unspecified atom stereocenters. The number of amides is 1. The summed E-state index contributed by atoms with van der Waals surface area (Å²) >= 11 is 0. The highest BCUT2D eigenvalue weighted by atomic mass is 16.5. The molecule has 0 bridgehead atoms. The van der Waals surface area contributed by atoms with E-state index in [9.17, 15) is 9.90 Å². The summed E-state index contributed by atoms with van der Waals surface area (Å²) in [6.45, 7) is 2.60. The average Bonchev–Trinajstić information content (AvgIpc) is 2.22. The Morgan fingerprint density at radius 3 is 2.76 bits per heavy atom. The Kier molecular flexibility index (Phi) is 4.78. The van der Waals surface area contributed by atoms with Crippen LogP contribution in [-0.4, -0.2) is 43.2 Å². The molecule has 1 aromatic carbocycles. The van der Waals surface area contributed by atoms with Gasteiger partial charge >= 0.3 is 0 Å². The zero-order valence-corrected chi connectivity index (χ0v) is 10.4. The van der Waals surface area contributed by atoms with Crippen LogP contribution < -0.4 is 10.1 Å². The normalized spacial score (nSPS) is 10.4. The van der Waals surface area contributed by atoms with Crippen LogP contribution in [0.25, 0.3) is 0 Å². The van der Waals surface area contributed by atoms with Crippen LogP contribution in [0.3, 0.4) is 0 Å². The second-order valence-corrected chi connectivity index (χ2v) is 3.90. The SMILES string of the molecule is CCOc1cc(NC(=O)CN(C)C)ccc1O. The fraction of sp³-hybridized carbons (Fsp3) is 0.417. The number of phenols is 1. The Labute approximate surface area is 101 Å². The lowest BCUT2D eigenvalue weighted by molar-refractivity contribution is -0.116. The number of rotatable bonds is 5. The van der Waals surface area contributed by atoms with Gasteiger partial charge in [0.25, 0.3) is 0 Å². The Hall–Kier alpha value is -1.75. The highest BCUT2D eigenvalue weighted by Crippen LogP contribution is 2.28. The molecule has 17 heavy (non-hydrogen) atoms. The van der Waals surface area contributed by atoms with Crippen LogP contribution in [-0.2, 0) is 4.79 Å². The highest BCUT2D eigenvalue weighted by molar-refractivity contribution is 5.92. The smallest absolute Gasteiger partial charge is 0.238 e. The third-order valence-corrected chi connectivity index (χ3v) is 2.00. The van der Waals surface area contributed by atoms with Crippen LogP contribution in [0, 0.1) is 0 Å². The van der Waals surface area contributed by atoms with Crippen LogP contribution in [0.2, 0.25) is 0 Å². The lowest BCUT2D eigenvalue weighted by Gasteiger charge is -2.12. The summed E-state index contributed by atoms with van der Waals surface area (Å²) in [4.78, 5) is 13.3. The summed E-state index contributed by atoms with van der Waals surface area (Å²) in [5.74, 6) is 0.329. The van der Waals surface area contributed by atoms with Crippen LogP contribution in [0.1, 0.15) is 6.92 Å². The fourth-order valence-corrected chi connectivity index (χ4v) is 1.35. The van der Waals surface area contributed by atoms with E-state index in [1.54, 1.807) is 17.0 Å². The Morgan fingerprint density at radius 1 is 1.47 bits per heavy atom. The maximum Gasteiger partial charge on any atom is 0.238 e. The van der Waals surface area contributed by atoms with E-state index in [4.69, 9.17) is 4.74 Å². The summed E-state index contributed by atoms with van der Waals surface area (Å²) in [5.41, 5.74) is 0.609. The minimum Gasteiger partial charge on any atom is -0.504 e. The number of aromatic hydroxyl groups is 1. The van der Waals surface area contributed by atoms with Crippen molar-refractivity contribution in [1.29, 1.82) is 0 Å². The van der Waals surface area contributed by atoms with Gasteiger partial charge < -0.3 is 20.1 Å². The summed E-state index contributed by atoms with van der Waals surface area (Å²) in [6.07, 6.45) is 0. The van der Waals surface area contributed by atoms with Crippen molar-refractivity contribution in [3.05, 3.63) is 18.2 Å². The van der Waals surface area contributed by atoms with Gasteiger partial charge in [0.15, 0.2) is 11.5 Å². The van der Waals surface area contributed by atoms with Crippen LogP contribution >= 0.6 is 0 Å². The van der Waals surface area contributed by atoms with E-state index in [-0.39, 0.29) is 11.7 Å². The largest absolute Gasteiger partial charge is 0.504 e. The molecule has 0 spiro atoms. The Balaban J connectivity index is 2.71. The van der Waals surface area contributed by atoms with Crippen molar-refractivity contribution in [2.75, 3.05) is 32.6 Å². The van der Waals surface area contributed by atoms with Gasteiger partial charge in [-0.05, 0) is 33.2 Å². The number of hydrogen-bond acceptors (Lipinski definition) is 4. The van der Waals surface area contributed by atoms with Crippen LogP contribution in [0.4, 0.5) is 5.69 Å². The molecule has 1 amide bonds. The molecular formula is C12H18N2O3. The number of nitrogens with zero attached hydrogens (tertiary/aromatic N) is 1. The minimum absolute atomic E-state index is 0.0671. The van der Waals surface area contributed by atoms with Crippen molar-refractivity contribution < 1.29 is 14.6 Å². The van der Waals surface area contributed by atoms with Gasteiger partial charge in [0.2, 0.25) is 5.91 Å². The van der Waals surface area contributed by atoms with E-state index in [0.29, 0.717) is 24.6 Å². The molecule has 5 heteroatoms. The maximum atomic E-state index is 11.5. The number of carbonyl (C=O) groups is 1. The molecule has 1 aromatic rings. The highest BCUT2D eigenvalue weighted by Gasteiger charge is 2.07. The number of nitrogens with one attached hydrogen (secondary N) is 1. The molecule has 0 aliphatic heterocycles. The van der Waals surface area contributed by atoms with E-state index < -0.39 is 0 Å². The predicted molar refractivity (Wildman–Crippen MR) is 66.5 cm³/mol. The zero-order chi connectivity index (χ0) is 12.8. The molecule has 5 nitrogen and oxygen atoms in total. The number of anilines is 1. The van der Waals surface area contributed by atoms with Crippen LogP contribution in [0.5, 0.6) is 11.5 Å². The molecule has 0 heterocycles. The van der Waals surface area contributed by atoms with Crippen molar-refractivity contribution >= 4 is 11.6 Å². The number of ether oxygens (including phenoxy) is 1. The van der Waals surface area contributed by atoms with Gasteiger partial charge in [-0.1, -0.05) is 0 Å². The molecule has 0 radical (unpaired) electrons. The quantitative estimate of drug-likeness (QED) is 0.759. The van der Waals surface area contributed by atoms with Gasteiger partial charge in [-0.3, -0.25) is 4.79 Å². The first-order valence-corrected chi connectivity index (χ1v) is 5.43. The lowest BCUT2D eigenvalue weighted by Crippen LogP contribution is -2.27. The number of phenolic OH excluding ortho intramolecular Hbond substituents is 1. The molecule has 0 saturated heterocycles. The monoisotopic (exact) mass is 238 g/mol. The predicted octanol–water partition coefficient (Wildman–Crippen LogP) is 1.29. The maximum absolute atomic E-state index is 11.5. The van der Waals surface area contributed by atoms with Crippen LogP contribution in [0.15, 0.2) is 18.2 Å². The molecule has 0 aromatic heterocycles. The third kappa shape index (κ3) is 4.32. The standard InChI is InChI=1S/C12H18N2O3/c1-4-17-11-7-9(5-6-10(11)15)13-12(16)8-14(2)3/h5-7,15H,4,8H2,1-3H3,(H,13,16). The van der Waals surface area contributed by atoms with Gasteiger partial charge in [0.1, 0.15) is 0 Å².